The number of rotatable bonds is 6. The summed E-state index contributed by atoms with van der Waals surface area (Å²) < 4.78 is 16.1. The number of anilines is 1. The third-order valence-corrected chi connectivity index (χ3v) is 4.60. The number of fused-ring (bicyclic) bond motifs is 1. The number of nitrogens with one attached hydrogen (secondary N) is 1. The predicted octanol–water partition coefficient (Wildman–Crippen LogP) is 3.13. The maximum absolute atomic E-state index is 6.07. The van der Waals surface area contributed by atoms with Gasteiger partial charge >= 0.3 is 0 Å². The second-order valence-corrected chi connectivity index (χ2v) is 6.17. The van der Waals surface area contributed by atoms with Crippen LogP contribution in [0.2, 0.25) is 0 Å². The highest BCUT2D eigenvalue weighted by Gasteiger charge is 2.14. The zero-order valence-corrected chi connectivity index (χ0v) is 15.5. The number of nitrogens with zero attached hydrogens (tertiary/aromatic N) is 1. The molecular formula is C20H25N3O3. The molecule has 138 valence electrons. The molecular weight excluding hydrogens is 330 g/mol. The summed E-state index contributed by atoms with van der Waals surface area (Å²) in [5.74, 6) is 2.31. The van der Waals surface area contributed by atoms with Crippen molar-refractivity contribution in [2.45, 2.75) is 25.8 Å². The molecule has 0 saturated heterocycles. The zero-order valence-electron chi connectivity index (χ0n) is 15.5. The number of benzene rings is 2. The van der Waals surface area contributed by atoms with Crippen molar-refractivity contribution in [3.63, 3.8) is 0 Å². The summed E-state index contributed by atoms with van der Waals surface area (Å²) in [6.45, 7) is 0.333. The second kappa shape index (κ2) is 7.99. The van der Waals surface area contributed by atoms with E-state index in [0.29, 0.717) is 29.8 Å². The highest BCUT2D eigenvalue weighted by molar-refractivity contribution is 5.92. The Bertz CT molecular complexity index is 793. The first-order valence-electron chi connectivity index (χ1n) is 8.62. The molecule has 2 aromatic rings. The van der Waals surface area contributed by atoms with Crippen LogP contribution in [0.5, 0.6) is 17.2 Å². The largest absolute Gasteiger partial charge is 0.496 e. The fraction of sp³-hybridized carbons (Fsp3) is 0.350. The molecule has 0 aromatic heterocycles. The van der Waals surface area contributed by atoms with Crippen molar-refractivity contribution >= 4 is 11.6 Å². The van der Waals surface area contributed by atoms with Crippen LogP contribution < -0.4 is 25.3 Å². The first-order chi connectivity index (χ1) is 12.6. The van der Waals surface area contributed by atoms with Crippen molar-refractivity contribution < 1.29 is 14.2 Å². The molecule has 0 unspecified atom stereocenters. The fourth-order valence-corrected chi connectivity index (χ4v) is 3.23. The van der Waals surface area contributed by atoms with Crippen LogP contribution in [0.4, 0.5) is 5.69 Å². The fourth-order valence-electron chi connectivity index (χ4n) is 3.23. The van der Waals surface area contributed by atoms with Gasteiger partial charge in [-0.25, -0.2) is 4.99 Å². The second-order valence-electron chi connectivity index (χ2n) is 6.17. The smallest absolute Gasteiger partial charge is 0.193 e. The van der Waals surface area contributed by atoms with Crippen LogP contribution in [0, 0.1) is 0 Å². The summed E-state index contributed by atoms with van der Waals surface area (Å²) in [4.78, 5) is 4.44. The topological polar surface area (TPSA) is 78.1 Å². The normalized spacial score (nSPS) is 13.3. The monoisotopic (exact) mass is 355 g/mol. The van der Waals surface area contributed by atoms with E-state index in [0.717, 1.165) is 24.1 Å². The number of hydrogen-bond acceptors (Lipinski definition) is 4. The van der Waals surface area contributed by atoms with Gasteiger partial charge in [-0.2, -0.15) is 0 Å². The molecule has 2 aromatic carbocycles. The van der Waals surface area contributed by atoms with Crippen molar-refractivity contribution in [1.29, 1.82) is 0 Å². The van der Waals surface area contributed by atoms with Gasteiger partial charge in [0.15, 0.2) is 5.96 Å². The van der Waals surface area contributed by atoms with E-state index in [2.05, 4.69) is 22.4 Å². The predicted molar refractivity (Wildman–Crippen MR) is 104 cm³/mol. The summed E-state index contributed by atoms with van der Waals surface area (Å²) in [5.41, 5.74) is 10.7. The van der Waals surface area contributed by atoms with E-state index < -0.39 is 0 Å². The van der Waals surface area contributed by atoms with Gasteiger partial charge in [-0.15, -0.1) is 0 Å². The number of ether oxygens (including phenoxy) is 3. The first-order valence-corrected chi connectivity index (χ1v) is 8.62. The SMILES string of the molecule is COc1cc(OC)c(CN=C(N)Nc2ccc3c(c2)CCC3)c(OC)c1. The average Bonchev–Trinajstić information content (AvgIpc) is 3.13. The number of methoxy groups -OCH3 is 3. The van der Waals surface area contributed by atoms with Crippen LogP contribution in [0.3, 0.4) is 0 Å². The van der Waals surface area contributed by atoms with E-state index in [9.17, 15) is 0 Å². The Hall–Kier alpha value is -2.89. The van der Waals surface area contributed by atoms with Gasteiger partial charge in [0.2, 0.25) is 0 Å². The van der Waals surface area contributed by atoms with Crippen LogP contribution in [0.1, 0.15) is 23.1 Å². The molecule has 1 aliphatic rings. The molecule has 6 heteroatoms. The maximum atomic E-state index is 6.07. The Kier molecular flexibility index (Phi) is 5.51. The quantitative estimate of drug-likeness (QED) is 0.615. The van der Waals surface area contributed by atoms with Crippen molar-refractivity contribution in [2.75, 3.05) is 26.6 Å². The molecule has 0 heterocycles. The standard InChI is InChI=1S/C20H25N3O3/c1-24-16-10-18(25-2)17(19(11-16)26-3)12-22-20(21)23-15-8-7-13-5-4-6-14(13)9-15/h7-11H,4-6,12H2,1-3H3,(H3,21,22,23). The highest BCUT2D eigenvalue weighted by atomic mass is 16.5. The van der Waals surface area contributed by atoms with Gasteiger partial charge in [-0.05, 0) is 42.5 Å². The van der Waals surface area contributed by atoms with Gasteiger partial charge in [0.25, 0.3) is 0 Å². The summed E-state index contributed by atoms with van der Waals surface area (Å²) in [6, 6.07) is 9.96. The molecule has 6 nitrogen and oxygen atoms in total. The Balaban J connectivity index is 1.76. The van der Waals surface area contributed by atoms with Gasteiger partial charge in [-0.1, -0.05) is 6.07 Å². The number of guanidine groups is 1. The van der Waals surface area contributed by atoms with Gasteiger partial charge < -0.3 is 25.3 Å². The van der Waals surface area contributed by atoms with Gasteiger partial charge in [0.05, 0.1) is 33.4 Å². The van der Waals surface area contributed by atoms with Crippen LogP contribution in [-0.2, 0) is 19.4 Å². The average molecular weight is 355 g/mol. The Labute approximate surface area is 154 Å². The van der Waals surface area contributed by atoms with Crippen LogP contribution in [0.15, 0.2) is 35.3 Å². The van der Waals surface area contributed by atoms with Crippen molar-refractivity contribution in [1.82, 2.24) is 0 Å². The summed E-state index contributed by atoms with van der Waals surface area (Å²) in [7, 11) is 4.81. The van der Waals surface area contributed by atoms with Gasteiger partial charge in [0, 0.05) is 17.8 Å². The highest BCUT2D eigenvalue weighted by Crippen LogP contribution is 2.34. The Morgan fingerprint density at radius 1 is 1.00 bits per heavy atom. The van der Waals surface area contributed by atoms with Crippen LogP contribution in [0.25, 0.3) is 0 Å². The molecule has 1 aliphatic carbocycles. The molecule has 0 aliphatic heterocycles. The minimum atomic E-state index is 0.333. The molecule has 26 heavy (non-hydrogen) atoms. The minimum absolute atomic E-state index is 0.333. The van der Waals surface area contributed by atoms with Crippen molar-refractivity contribution in [3.05, 3.63) is 47.0 Å². The number of aryl methyl sites for hydroxylation is 2. The zero-order chi connectivity index (χ0) is 18.5. The number of aliphatic imine (C=N–C) groups is 1. The van der Waals surface area contributed by atoms with Gasteiger partial charge in [-0.3, -0.25) is 0 Å². The molecule has 0 saturated carbocycles. The van der Waals surface area contributed by atoms with Crippen molar-refractivity contribution in [3.8, 4) is 17.2 Å². The lowest BCUT2D eigenvalue weighted by Gasteiger charge is -2.14. The Morgan fingerprint density at radius 3 is 2.35 bits per heavy atom. The molecule has 0 bridgehead atoms. The van der Waals surface area contributed by atoms with Crippen LogP contribution in [-0.4, -0.2) is 27.3 Å². The molecule has 0 radical (unpaired) electrons. The van der Waals surface area contributed by atoms with E-state index in [-0.39, 0.29) is 0 Å². The summed E-state index contributed by atoms with van der Waals surface area (Å²) in [5, 5.41) is 3.16. The summed E-state index contributed by atoms with van der Waals surface area (Å²) >= 11 is 0. The number of hydrogen-bond donors (Lipinski definition) is 2. The number of nitrogens with two attached hydrogens (primary N) is 1. The Morgan fingerprint density at radius 2 is 1.69 bits per heavy atom. The lowest BCUT2D eigenvalue weighted by atomic mass is 10.1. The van der Waals surface area contributed by atoms with E-state index in [1.54, 1.807) is 33.5 Å². The lowest BCUT2D eigenvalue weighted by Crippen LogP contribution is -2.22. The van der Waals surface area contributed by atoms with E-state index in [4.69, 9.17) is 19.9 Å². The molecule has 0 amide bonds. The van der Waals surface area contributed by atoms with E-state index >= 15 is 0 Å². The first kappa shape index (κ1) is 17.9. The maximum Gasteiger partial charge on any atom is 0.193 e. The molecule has 0 fully saturated rings. The molecule has 0 atom stereocenters. The lowest BCUT2D eigenvalue weighted by molar-refractivity contribution is 0.369. The molecule has 3 rings (SSSR count). The molecule has 0 spiro atoms. The summed E-state index contributed by atoms with van der Waals surface area (Å²) in [6.07, 6.45) is 3.51. The molecule has 3 N–H and O–H groups in total. The van der Waals surface area contributed by atoms with Crippen LogP contribution >= 0.6 is 0 Å². The van der Waals surface area contributed by atoms with Crippen molar-refractivity contribution in [2.24, 2.45) is 10.7 Å². The van der Waals surface area contributed by atoms with Gasteiger partial charge in [0.1, 0.15) is 17.2 Å². The third kappa shape index (κ3) is 3.85. The van der Waals surface area contributed by atoms with E-state index in [1.807, 2.05) is 6.07 Å². The van der Waals surface area contributed by atoms with E-state index in [1.165, 1.54) is 17.5 Å². The third-order valence-electron chi connectivity index (χ3n) is 4.60. The minimum Gasteiger partial charge on any atom is -0.496 e.